The van der Waals surface area contributed by atoms with E-state index in [1.165, 1.54) is 84.5 Å². The molecule has 2 nitrogen and oxygen atoms in total. The molecule has 1 aliphatic carbocycles. The molecule has 1 aromatic heterocycles. The Kier molecular flexibility index (Phi) is 9.05. The highest BCUT2D eigenvalue weighted by atomic mass is 15.0. The maximum atomic E-state index is 5.59. The number of hydrogen-bond acceptors (Lipinski definition) is 1. The molecule has 54 heavy (non-hydrogen) atoms. The lowest BCUT2D eigenvalue weighted by Gasteiger charge is -2.19. The van der Waals surface area contributed by atoms with E-state index in [4.69, 9.17) is 4.99 Å². The number of fused-ring (bicyclic) bond motifs is 4. The number of hydrogen-bond donors (Lipinski definition) is 0. The highest BCUT2D eigenvalue weighted by Crippen LogP contribution is 2.47. The van der Waals surface area contributed by atoms with Crippen LogP contribution in [0.15, 0.2) is 169 Å². The first-order chi connectivity index (χ1) is 26.6. The quantitative estimate of drug-likeness (QED) is 0.127. The van der Waals surface area contributed by atoms with Gasteiger partial charge in [0.1, 0.15) is 0 Å². The molecule has 0 aliphatic heterocycles. The molecule has 7 aromatic carbocycles. The number of para-hydroxylation sites is 1. The van der Waals surface area contributed by atoms with Gasteiger partial charge in [0.2, 0.25) is 0 Å². The fourth-order valence-corrected chi connectivity index (χ4v) is 8.18. The lowest BCUT2D eigenvalue weighted by molar-refractivity contribution is 0.740. The van der Waals surface area contributed by atoms with Crippen molar-refractivity contribution in [2.24, 2.45) is 10.9 Å². The second-order valence-corrected chi connectivity index (χ2v) is 14.9. The summed E-state index contributed by atoms with van der Waals surface area (Å²) in [6.45, 7) is 6.78. The molecule has 1 heterocycles. The van der Waals surface area contributed by atoms with Gasteiger partial charge < -0.3 is 4.57 Å². The van der Waals surface area contributed by atoms with E-state index in [0.29, 0.717) is 11.8 Å². The van der Waals surface area contributed by atoms with Crippen molar-refractivity contribution in [2.75, 3.05) is 0 Å². The van der Waals surface area contributed by atoms with Gasteiger partial charge in [-0.25, -0.2) is 0 Å². The van der Waals surface area contributed by atoms with Crippen LogP contribution < -0.4 is 0 Å². The van der Waals surface area contributed by atoms with E-state index < -0.39 is 0 Å². The molecule has 2 heteroatoms. The van der Waals surface area contributed by atoms with Gasteiger partial charge in [0.25, 0.3) is 0 Å². The van der Waals surface area contributed by atoms with Crippen molar-refractivity contribution in [3.05, 3.63) is 180 Å². The average Bonchev–Trinajstić information content (AvgIpc) is 4.04. The Labute approximate surface area is 319 Å². The highest BCUT2D eigenvalue weighted by Gasteiger charge is 2.28. The van der Waals surface area contributed by atoms with E-state index in [0.717, 1.165) is 29.8 Å². The molecule has 9 rings (SSSR count). The van der Waals surface area contributed by atoms with Crippen LogP contribution >= 0.6 is 0 Å². The molecule has 0 saturated heterocycles. The molecule has 0 N–H and O–H groups in total. The van der Waals surface area contributed by atoms with Crippen LogP contribution in [0.1, 0.15) is 69.1 Å². The number of aromatic nitrogens is 1. The Morgan fingerprint density at radius 3 is 2.06 bits per heavy atom. The van der Waals surface area contributed by atoms with Gasteiger partial charge in [-0.3, -0.25) is 4.99 Å². The summed E-state index contributed by atoms with van der Waals surface area (Å²) >= 11 is 0. The lowest BCUT2D eigenvalue weighted by Crippen LogP contribution is -2.12. The van der Waals surface area contributed by atoms with Crippen molar-refractivity contribution in [1.29, 1.82) is 0 Å². The average molecular weight is 699 g/mol. The Bertz CT molecular complexity index is 2690. The van der Waals surface area contributed by atoms with Crippen LogP contribution in [-0.2, 0) is 0 Å². The fourth-order valence-electron chi connectivity index (χ4n) is 8.18. The SMILES string of the molecule is CC/C=C(/N=C(c1ccc(-c2ccccc2)cc1)C(C)CC)c1ccc(-c2ccccc2C2CC2)c(-n2c3ccccc3c3cc4ccccc4cc32)c1. The number of rotatable bonds is 10. The second-order valence-electron chi connectivity index (χ2n) is 14.9. The molecule has 1 aliphatic rings. The zero-order valence-corrected chi connectivity index (χ0v) is 31.5. The van der Waals surface area contributed by atoms with Crippen LogP contribution in [0.4, 0.5) is 0 Å². The number of aliphatic imine (C=N–C) groups is 1. The molecule has 1 fully saturated rings. The Morgan fingerprint density at radius 1 is 0.630 bits per heavy atom. The Morgan fingerprint density at radius 2 is 1.30 bits per heavy atom. The van der Waals surface area contributed by atoms with Gasteiger partial charge in [0.15, 0.2) is 0 Å². The highest BCUT2D eigenvalue weighted by molar-refractivity contribution is 6.14. The van der Waals surface area contributed by atoms with Crippen LogP contribution in [0, 0.1) is 5.92 Å². The smallest absolute Gasteiger partial charge is 0.0666 e. The minimum atomic E-state index is 0.294. The minimum Gasteiger partial charge on any atom is -0.309 e. The summed E-state index contributed by atoms with van der Waals surface area (Å²) in [4.78, 5) is 5.59. The number of benzene rings is 7. The van der Waals surface area contributed by atoms with Gasteiger partial charge >= 0.3 is 0 Å². The van der Waals surface area contributed by atoms with Crippen LogP contribution in [0.25, 0.3) is 66.2 Å². The zero-order chi connectivity index (χ0) is 36.6. The third-order valence-electron chi connectivity index (χ3n) is 11.3. The Balaban J connectivity index is 1.26. The zero-order valence-electron chi connectivity index (χ0n) is 31.5. The molecule has 0 radical (unpaired) electrons. The van der Waals surface area contributed by atoms with Crippen molar-refractivity contribution < 1.29 is 0 Å². The number of nitrogens with zero attached hydrogens (tertiary/aromatic N) is 2. The van der Waals surface area contributed by atoms with Crippen molar-refractivity contribution in [1.82, 2.24) is 4.57 Å². The predicted molar refractivity (Wildman–Crippen MR) is 232 cm³/mol. The molecule has 1 unspecified atom stereocenters. The van der Waals surface area contributed by atoms with Gasteiger partial charge in [-0.15, -0.1) is 0 Å². The van der Waals surface area contributed by atoms with Crippen LogP contribution in [-0.4, -0.2) is 10.3 Å². The van der Waals surface area contributed by atoms with Crippen LogP contribution in [0.3, 0.4) is 0 Å². The van der Waals surface area contributed by atoms with Gasteiger partial charge in [-0.05, 0) is 100 Å². The third-order valence-corrected chi connectivity index (χ3v) is 11.3. The lowest BCUT2D eigenvalue weighted by atomic mass is 9.92. The maximum absolute atomic E-state index is 5.59. The molecule has 264 valence electrons. The first-order valence-corrected chi connectivity index (χ1v) is 19.7. The van der Waals surface area contributed by atoms with Crippen molar-refractivity contribution in [3.8, 4) is 27.9 Å². The van der Waals surface area contributed by atoms with E-state index in [1.54, 1.807) is 0 Å². The molecule has 1 atom stereocenters. The topological polar surface area (TPSA) is 17.3 Å². The van der Waals surface area contributed by atoms with Crippen molar-refractivity contribution >= 4 is 44.0 Å². The van der Waals surface area contributed by atoms with Crippen LogP contribution in [0.5, 0.6) is 0 Å². The molecular weight excluding hydrogens is 653 g/mol. The summed E-state index contributed by atoms with van der Waals surface area (Å²) in [7, 11) is 0. The summed E-state index contributed by atoms with van der Waals surface area (Å²) in [5.41, 5.74) is 14.6. The van der Waals surface area contributed by atoms with E-state index in [2.05, 4.69) is 189 Å². The van der Waals surface area contributed by atoms with E-state index in [9.17, 15) is 0 Å². The van der Waals surface area contributed by atoms with E-state index >= 15 is 0 Å². The molecule has 1 saturated carbocycles. The molecule has 0 spiro atoms. The maximum Gasteiger partial charge on any atom is 0.0666 e. The summed E-state index contributed by atoms with van der Waals surface area (Å²) in [5, 5.41) is 5.05. The van der Waals surface area contributed by atoms with Gasteiger partial charge in [-0.1, -0.05) is 160 Å². The first kappa shape index (κ1) is 33.8. The largest absolute Gasteiger partial charge is 0.309 e. The van der Waals surface area contributed by atoms with E-state index in [-0.39, 0.29) is 0 Å². The van der Waals surface area contributed by atoms with Gasteiger partial charge in [0.05, 0.1) is 28.1 Å². The van der Waals surface area contributed by atoms with Crippen LogP contribution in [0.2, 0.25) is 0 Å². The molecule has 0 amide bonds. The van der Waals surface area contributed by atoms with E-state index in [1.807, 2.05) is 0 Å². The molecule has 8 aromatic rings. The fraction of sp³-hybridized carbons (Fsp3) is 0.173. The van der Waals surface area contributed by atoms with Crippen molar-refractivity contribution in [2.45, 2.75) is 52.4 Å². The molecular formula is C52H46N2. The second kappa shape index (κ2) is 14.4. The standard InChI is InChI=1S/C52H46N2/c1-4-15-48(53-52(35(3)5-2)39-28-24-37(25-29-39)36-16-7-6-8-17-36)42-30-31-46(44-21-12-11-20-43(44)38-26-27-38)50(34-42)54-49-23-14-13-22-45(49)47-32-40-18-9-10-19-41(40)33-51(47)54/h6-25,28-35,38H,4-5,26-27H2,1-3H3/b48-15+,53-52?. The van der Waals surface area contributed by atoms with Gasteiger partial charge in [-0.2, -0.15) is 0 Å². The first-order valence-electron chi connectivity index (χ1n) is 19.7. The molecule has 0 bridgehead atoms. The summed E-state index contributed by atoms with van der Waals surface area (Å²) in [6, 6.07) is 58.2. The third kappa shape index (κ3) is 6.26. The van der Waals surface area contributed by atoms with Crippen molar-refractivity contribution in [3.63, 3.8) is 0 Å². The summed E-state index contributed by atoms with van der Waals surface area (Å²) < 4.78 is 2.52. The summed E-state index contributed by atoms with van der Waals surface area (Å²) in [6.07, 6.45) is 6.72. The Hall–Kier alpha value is -5.99. The number of allylic oxidation sites excluding steroid dienone is 1. The monoisotopic (exact) mass is 698 g/mol. The normalized spacial score (nSPS) is 14.3. The summed E-state index contributed by atoms with van der Waals surface area (Å²) in [5.74, 6) is 0.921. The van der Waals surface area contributed by atoms with Gasteiger partial charge in [0, 0.05) is 21.9 Å². The predicted octanol–water partition coefficient (Wildman–Crippen LogP) is 14.4. The minimum absolute atomic E-state index is 0.294.